The molecule has 0 aromatic heterocycles. The predicted molar refractivity (Wildman–Crippen MR) is 82.5 cm³/mol. The molecule has 0 aliphatic carbocycles. The first-order valence-electron chi connectivity index (χ1n) is 6.78. The Hall–Kier alpha value is -2.67. The summed E-state index contributed by atoms with van der Waals surface area (Å²) in [7, 11) is 2.52. The SMILES string of the molecule is COC(=O)C=Cc1cc(C[C@H](N)C(=O)OC)ccc1OC(C)=O. The van der Waals surface area contributed by atoms with Gasteiger partial charge in [0.2, 0.25) is 0 Å². The maximum Gasteiger partial charge on any atom is 0.330 e. The lowest BCUT2D eigenvalue weighted by Gasteiger charge is -2.12. The molecule has 124 valence electrons. The third-order valence-electron chi connectivity index (χ3n) is 2.89. The number of hydrogen-bond acceptors (Lipinski definition) is 7. The molecule has 0 fully saturated rings. The molecular weight excluding hydrogens is 302 g/mol. The molecule has 0 spiro atoms. The maximum atomic E-state index is 11.4. The number of methoxy groups -OCH3 is 2. The van der Waals surface area contributed by atoms with Crippen molar-refractivity contribution in [1.82, 2.24) is 0 Å². The van der Waals surface area contributed by atoms with Gasteiger partial charge in [0.1, 0.15) is 11.8 Å². The van der Waals surface area contributed by atoms with Crippen molar-refractivity contribution in [3.63, 3.8) is 0 Å². The van der Waals surface area contributed by atoms with Crippen LogP contribution >= 0.6 is 0 Å². The van der Waals surface area contributed by atoms with Crippen molar-refractivity contribution in [3.05, 3.63) is 35.4 Å². The van der Waals surface area contributed by atoms with Crippen LogP contribution in [-0.4, -0.2) is 38.2 Å². The zero-order chi connectivity index (χ0) is 17.4. The third-order valence-corrected chi connectivity index (χ3v) is 2.89. The van der Waals surface area contributed by atoms with E-state index in [-0.39, 0.29) is 12.2 Å². The summed E-state index contributed by atoms with van der Waals surface area (Å²) in [5, 5.41) is 0. The second-order valence-electron chi connectivity index (χ2n) is 4.66. The van der Waals surface area contributed by atoms with Crippen molar-refractivity contribution < 1.29 is 28.6 Å². The molecule has 7 nitrogen and oxygen atoms in total. The van der Waals surface area contributed by atoms with Gasteiger partial charge >= 0.3 is 17.9 Å². The van der Waals surface area contributed by atoms with Crippen LogP contribution < -0.4 is 10.5 Å². The lowest BCUT2D eigenvalue weighted by atomic mass is 10.0. The van der Waals surface area contributed by atoms with E-state index in [2.05, 4.69) is 9.47 Å². The second-order valence-corrected chi connectivity index (χ2v) is 4.66. The Morgan fingerprint density at radius 2 is 1.91 bits per heavy atom. The van der Waals surface area contributed by atoms with E-state index in [1.54, 1.807) is 18.2 Å². The number of rotatable bonds is 6. The molecule has 0 heterocycles. The Morgan fingerprint density at radius 1 is 1.22 bits per heavy atom. The van der Waals surface area contributed by atoms with Crippen LogP contribution in [0.5, 0.6) is 5.75 Å². The Balaban J connectivity index is 3.07. The Labute approximate surface area is 134 Å². The first-order chi connectivity index (χ1) is 10.9. The highest BCUT2D eigenvalue weighted by Crippen LogP contribution is 2.23. The molecule has 1 aromatic carbocycles. The highest BCUT2D eigenvalue weighted by atomic mass is 16.5. The fraction of sp³-hybridized carbons (Fsp3) is 0.312. The molecule has 0 aliphatic rings. The van der Waals surface area contributed by atoms with Gasteiger partial charge in [0, 0.05) is 18.6 Å². The lowest BCUT2D eigenvalue weighted by Crippen LogP contribution is -2.33. The summed E-state index contributed by atoms with van der Waals surface area (Å²) in [5.74, 6) is -1.28. The van der Waals surface area contributed by atoms with Gasteiger partial charge in [-0.15, -0.1) is 0 Å². The van der Waals surface area contributed by atoms with Crippen molar-refractivity contribution in [1.29, 1.82) is 0 Å². The second kappa shape index (κ2) is 8.70. The molecule has 1 atom stereocenters. The molecule has 0 saturated heterocycles. The van der Waals surface area contributed by atoms with E-state index in [1.165, 1.54) is 33.3 Å². The fourth-order valence-corrected chi connectivity index (χ4v) is 1.82. The lowest BCUT2D eigenvalue weighted by molar-refractivity contribution is -0.142. The first-order valence-corrected chi connectivity index (χ1v) is 6.78. The number of nitrogens with two attached hydrogens (primary N) is 1. The molecular formula is C16H19NO6. The zero-order valence-corrected chi connectivity index (χ0v) is 13.2. The van der Waals surface area contributed by atoms with Crippen LogP contribution in [0.3, 0.4) is 0 Å². The van der Waals surface area contributed by atoms with E-state index in [4.69, 9.17) is 10.5 Å². The molecule has 1 aromatic rings. The van der Waals surface area contributed by atoms with E-state index in [1.807, 2.05) is 0 Å². The molecule has 0 aliphatic heterocycles. The molecule has 1 rings (SSSR count). The molecule has 0 bridgehead atoms. The normalized spacial score (nSPS) is 11.8. The number of esters is 3. The number of carbonyl (C=O) groups excluding carboxylic acids is 3. The van der Waals surface area contributed by atoms with Crippen LogP contribution in [0.25, 0.3) is 6.08 Å². The quantitative estimate of drug-likeness (QED) is 0.470. The average molecular weight is 321 g/mol. The monoisotopic (exact) mass is 321 g/mol. The summed E-state index contributed by atoms with van der Waals surface area (Å²) in [6.07, 6.45) is 2.90. The summed E-state index contributed by atoms with van der Waals surface area (Å²) in [4.78, 5) is 33.7. The minimum absolute atomic E-state index is 0.242. The van der Waals surface area contributed by atoms with Crippen molar-refractivity contribution in [3.8, 4) is 5.75 Å². The van der Waals surface area contributed by atoms with Gasteiger partial charge in [-0.1, -0.05) is 6.07 Å². The Kier molecular flexibility index (Phi) is 6.95. The Morgan fingerprint density at radius 3 is 2.48 bits per heavy atom. The highest BCUT2D eigenvalue weighted by Gasteiger charge is 2.15. The number of ether oxygens (including phenoxy) is 3. The summed E-state index contributed by atoms with van der Waals surface area (Å²) in [6, 6.07) is 4.10. The van der Waals surface area contributed by atoms with E-state index in [0.717, 1.165) is 5.56 Å². The molecule has 2 N–H and O–H groups in total. The van der Waals surface area contributed by atoms with Crippen molar-refractivity contribution in [2.75, 3.05) is 14.2 Å². The van der Waals surface area contributed by atoms with E-state index in [9.17, 15) is 14.4 Å². The standard InChI is InChI=1S/C16H19NO6/c1-10(18)23-14-6-4-11(9-13(17)16(20)22-3)8-12(14)5-7-15(19)21-2/h4-8,13H,9,17H2,1-3H3/t13-/m0/s1. The predicted octanol–water partition coefficient (Wildman–Crippen LogP) is 0.841. The maximum absolute atomic E-state index is 11.4. The van der Waals surface area contributed by atoms with Gasteiger partial charge in [-0.3, -0.25) is 9.59 Å². The van der Waals surface area contributed by atoms with Crippen LogP contribution in [0.1, 0.15) is 18.1 Å². The number of hydrogen-bond donors (Lipinski definition) is 1. The summed E-state index contributed by atoms with van der Waals surface area (Å²) in [5.41, 5.74) is 6.93. The van der Waals surface area contributed by atoms with Crippen molar-refractivity contribution in [2.24, 2.45) is 5.73 Å². The summed E-state index contributed by atoms with van der Waals surface area (Å²) >= 11 is 0. The van der Waals surface area contributed by atoms with E-state index < -0.39 is 23.9 Å². The molecule has 7 heteroatoms. The van der Waals surface area contributed by atoms with Gasteiger partial charge in [0.05, 0.1) is 14.2 Å². The minimum Gasteiger partial charge on any atom is -0.468 e. The summed E-state index contributed by atoms with van der Waals surface area (Å²) < 4.78 is 14.2. The van der Waals surface area contributed by atoms with Crippen LogP contribution in [0.15, 0.2) is 24.3 Å². The van der Waals surface area contributed by atoms with Gasteiger partial charge < -0.3 is 19.9 Å². The molecule has 0 unspecified atom stereocenters. The van der Waals surface area contributed by atoms with Crippen LogP contribution in [0.4, 0.5) is 0 Å². The fourth-order valence-electron chi connectivity index (χ4n) is 1.82. The topological polar surface area (TPSA) is 105 Å². The van der Waals surface area contributed by atoms with Gasteiger partial charge in [0.15, 0.2) is 0 Å². The highest BCUT2D eigenvalue weighted by molar-refractivity contribution is 5.87. The van der Waals surface area contributed by atoms with Crippen molar-refractivity contribution in [2.45, 2.75) is 19.4 Å². The van der Waals surface area contributed by atoms with E-state index >= 15 is 0 Å². The van der Waals surface area contributed by atoms with Crippen LogP contribution in [0, 0.1) is 0 Å². The van der Waals surface area contributed by atoms with Gasteiger partial charge in [-0.25, -0.2) is 4.79 Å². The van der Waals surface area contributed by atoms with Crippen LogP contribution in [-0.2, 0) is 30.3 Å². The average Bonchev–Trinajstić information content (AvgIpc) is 2.52. The van der Waals surface area contributed by atoms with Gasteiger partial charge in [0.25, 0.3) is 0 Å². The van der Waals surface area contributed by atoms with Crippen molar-refractivity contribution >= 4 is 24.0 Å². The Bertz CT molecular complexity index is 623. The molecule has 23 heavy (non-hydrogen) atoms. The first kappa shape index (κ1) is 18.4. The largest absolute Gasteiger partial charge is 0.468 e. The molecule has 0 amide bonds. The van der Waals surface area contributed by atoms with E-state index in [0.29, 0.717) is 5.56 Å². The zero-order valence-electron chi connectivity index (χ0n) is 13.2. The van der Waals surface area contributed by atoms with Gasteiger partial charge in [-0.05, 0) is 30.2 Å². The molecule has 0 radical (unpaired) electrons. The number of benzene rings is 1. The number of carbonyl (C=O) groups is 3. The third kappa shape index (κ3) is 5.91. The minimum atomic E-state index is -0.808. The smallest absolute Gasteiger partial charge is 0.330 e. The molecule has 0 saturated carbocycles. The summed E-state index contributed by atoms with van der Waals surface area (Å²) in [6.45, 7) is 1.27. The van der Waals surface area contributed by atoms with Crippen LogP contribution in [0.2, 0.25) is 0 Å². The van der Waals surface area contributed by atoms with Gasteiger partial charge in [-0.2, -0.15) is 0 Å².